The molecular formula is C15H19ClN2O3S2. The van der Waals surface area contributed by atoms with E-state index in [0.29, 0.717) is 11.4 Å². The molecule has 1 aromatic heterocycles. The molecular weight excluding hydrogens is 356 g/mol. The van der Waals surface area contributed by atoms with Gasteiger partial charge in [0, 0.05) is 12.1 Å². The first kappa shape index (κ1) is 19.6. The number of hydrogen-bond acceptors (Lipinski definition) is 5. The lowest BCUT2D eigenvalue weighted by Gasteiger charge is -2.23. The maximum Gasteiger partial charge on any atom is 0.261 e. The minimum Gasteiger partial charge on any atom is -0.345 e. The molecule has 0 unspecified atom stereocenters. The molecule has 8 heteroatoms. The Balaban J connectivity index is 0.00000264. The molecule has 0 aliphatic rings. The van der Waals surface area contributed by atoms with Crippen LogP contribution < -0.4 is 11.1 Å². The van der Waals surface area contributed by atoms with Crippen molar-refractivity contribution in [1.29, 1.82) is 0 Å². The number of nitrogens with two attached hydrogens (primary N) is 1. The van der Waals surface area contributed by atoms with Crippen LogP contribution in [-0.2, 0) is 9.84 Å². The normalized spacial score (nSPS) is 11.6. The predicted molar refractivity (Wildman–Crippen MR) is 94.1 cm³/mol. The molecule has 2 aromatic rings. The third kappa shape index (κ3) is 4.54. The largest absolute Gasteiger partial charge is 0.345 e. The van der Waals surface area contributed by atoms with Gasteiger partial charge in [-0.25, -0.2) is 8.42 Å². The summed E-state index contributed by atoms with van der Waals surface area (Å²) in [7, 11) is -3.59. The van der Waals surface area contributed by atoms with Gasteiger partial charge in [-0.2, -0.15) is 0 Å². The first-order chi connectivity index (χ1) is 10.3. The van der Waals surface area contributed by atoms with E-state index in [2.05, 4.69) is 5.32 Å². The van der Waals surface area contributed by atoms with Gasteiger partial charge in [0.1, 0.15) is 4.21 Å². The molecule has 126 valence electrons. The summed E-state index contributed by atoms with van der Waals surface area (Å²) in [5.74, 6) is -0.324. The van der Waals surface area contributed by atoms with E-state index >= 15 is 0 Å². The third-order valence-electron chi connectivity index (χ3n) is 3.09. The Bertz CT molecular complexity index is 771. The van der Waals surface area contributed by atoms with E-state index in [1.807, 2.05) is 0 Å². The van der Waals surface area contributed by atoms with Crippen LogP contribution in [0.25, 0.3) is 0 Å². The van der Waals surface area contributed by atoms with Crippen LogP contribution in [0.1, 0.15) is 23.5 Å². The van der Waals surface area contributed by atoms with Crippen LogP contribution in [0.15, 0.2) is 51.6 Å². The number of amides is 1. The molecule has 1 aromatic carbocycles. The molecule has 0 fully saturated rings. The van der Waals surface area contributed by atoms with Gasteiger partial charge < -0.3 is 11.1 Å². The second-order valence-corrected chi connectivity index (χ2v) is 8.74. The molecule has 23 heavy (non-hydrogen) atoms. The van der Waals surface area contributed by atoms with Crippen LogP contribution >= 0.6 is 23.7 Å². The first-order valence-electron chi connectivity index (χ1n) is 6.69. The van der Waals surface area contributed by atoms with Crippen LogP contribution in [0.4, 0.5) is 0 Å². The maximum atomic E-state index is 12.5. The van der Waals surface area contributed by atoms with Crippen molar-refractivity contribution in [2.45, 2.75) is 28.5 Å². The van der Waals surface area contributed by atoms with Crippen LogP contribution in [0, 0.1) is 0 Å². The van der Waals surface area contributed by atoms with Gasteiger partial charge in [-0.1, -0.05) is 18.2 Å². The molecule has 0 bridgehead atoms. The minimum atomic E-state index is -3.59. The third-order valence-corrected chi connectivity index (χ3v) is 6.43. The van der Waals surface area contributed by atoms with Gasteiger partial charge in [-0.3, -0.25) is 4.79 Å². The van der Waals surface area contributed by atoms with Gasteiger partial charge in [0.05, 0.1) is 9.77 Å². The van der Waals surface area contributed by atoms with Gasteiger partial charge in [0.2, 0.25) is 9.84 Å². The molecule has 0 atom stereocenters. The van der Waals surface area contributed by atoms with Gasteiger partial charge in [0.25, 0.3) is 5.91 Å². The summed E-state index contributed by atoms with van der Waals surface area (Å²) in [5, 5.41) is 2.78. The van der Waals surface area contributed by atoms with E-state index in [1.54, 1.807) is 32.0 Å². The fourth-order valence-electron chi connectivity index (χ4n) is 1.72. The Morgan fingerprint density at radius 1 is 1.17 bits per heavy atom. The number of nitrogens with one attached hydrogen (secondary N) is 1. The van der Waals surface area contributed by atoms with E-state index < -0.39 is 15.4 Å². The van der Waals surface area contributed by atoms with Crippen molar-refractivity contribution < 1.29 is 13.2 Å². The van der Waals surface area contributed by atoms with Gasteiger partial charge >= 0.3 is 0 Å². The zero-order valence-corrected chi connectivity index (χ0v) is 15.2. The van der Waals surface area contributed by atoms with Crippen LogP contribution in [0.2, 0.25) is 0 Å². The Labute approximate surface area is 146 Å². The van der Waals surface area contributed by atoms with Crippen LogP contribution in [-0.4, -0.2) is 26.4 Å². The zero-order valence-electron chi connectivity index (χ0n) is 12.8. The second kappa shape index (κ2) is 7.44. The van der Waals surface area contributed by atoms with E-state index in [1.165, 1.54) is 24.3 Å². The van der Waals surface area contributed by atoms with Crippen molar-refractivity contribution in [1.82, 2.24) is 5.32 Å². The quantitative estimate of drug-likeness (QED) is 0.841. The van der Waals surface area contributed by atoms with Gasteiger partial charge in [-0.05, 0) is 38.1 Å². The summed E-state index contributed by atoms with van der Waals surface area (Å²) in [5.41, 5.74) is 5.03. The Kier molecular flexibility index (Phi) is 6.35. The zero-order chi connectivity index (χ0) is 16.4. The highest BCUT2D eigenvalue weighted by Gasteiger charge is 2.24. The fourth-order valence-corrected chi connectivity index (χ4v) is 4.35. The number of benzene rings is 1. The van der Waals surface area contributed by atoms with Crippen molar-refractivity contribution in [2.24, 2.45) is 5.73 Å². The average Bonchev–Trinajstić information content (AvgIpc) is 2.98. The summed E-state index contributed by atoms with van der Waals surface area (Å²) in [4.78, 5) is 12.7. The van der Waals surface area contributed by atoms with Crippen LogP contribution in [0.5, 0.6) is 0 Å². The summed E-state index contributed by atoms with van der Waals surface area (Å²) in [6, 6.07) is 11.1. The topological polar surface area (TPSA) is 89.3 Å². The number of sulfone groups is 1. The van der Waals surface area contributed by atoms with Crippen molar-refractivity contribution in [2.75, 3.05) is 6.54 Å². The van der Waals surface area contributed by atoms with Crippen molar-refractivity contribution in [3.8, 4) is 0 Å². The van der Waals surface area contributed by atoms with E-state index in [4.69, 9.17) is 5.73 Å². The molecule has 1 heterocycles. The number of carbonyl (C=O) groups excluding carboxylic acids is 1. The molecule has 0 saturated heterocycles. The molecule has 0 spiro atoms. The lowest BCUT2D eigenvalue weighted by molar-refractivity contribution is 0.0920. The second-order valence-electron chi connectivity index (χ2n) is 5.48. The smallest absolute Gasteiger partial charge is 0.261 e. The molecule has 0 aliphatic heterocycles. The highest BCUT2D eigenvalue weighted by molar-refractivity contribution is 7.93. The van der Waals surface area contributed by atoms with Crippen molar-refractivity contribution in [3.05, 3.63) is 47.3 Å². The molecule has 0 radical (unpaired) electrons. The van der Waals surface area contributed by atoms with Crippen molar-refractivity contribution >= 4 is 39.5 Å². The summed E-state index contributed by atoms with van der Waals surface area (Å²) < 4.78 is 25.1. The number of halogens is 1. The van der Waals surface area contributed by atoms with Crippen LogP contribution in [0.3, 0.4) is 0 Å². The minimum absolute atomic E-state index is 0. The molecule has 0 aliphatic carbocycles. The maximum absolute atomic E-state index is 12.5. The number of thiophene rings is 1. The predicted octanol–water partition coefficient (Wildman–Crippen LogP) is 2.47. The number of carbonyl (C=O) groups is 1. The molecule has 0 saturated carbocycles. The average molecular weight is 375 g/mol. The van der Waals surface area contributed by atoms with Crippen molar-refractivity contribution in [3.63, 3.8) is 0 Å². The first-order valence-corrected chi connectivity index (χ1v) is 8.99. The lowest BCUT2D eigenvalue weighted by Crippen LogP contribution is -2.48. The Hall–Kier alpha value is -1.41. The summed E-state index contributed by atoms with van der Waals surface area (Å²) in [6.07, 6.45) is 0. The van der Waals surface area contributed by atoms with E-state index in [-0.39, 0.29) is 27.4 Å². The lowest BCUT2D eigenvalue weighted by atomic mass is 10.1. The molecule has 1 amide bonds. The molecule has 2 rings (SSSR count). The monoisotopic (exact) mass is 374 g/mol. The Morgan fingerprint density at radius 3 is 2.35 bits per heavy atom. The summed E-state index contributed by atoms with van der Waals surface area (Å²) in [6.45, 7) is 3.90. The number of rotatable bonds is 5. The highest BCUT2D eigenvalue weighted by Crippen LogP contribution is 2.27. The van der Waals surface area contributed by atoms with Gasteiger partial charge in [0.15, 0.2) is 0 Å². The van der Waals surface area contributed by atoms with E-state index in [9.17, 15) is 13.2 Å². The summed E-state index contributed by atoms with van der Waals surface area (Å²) >= 11 is 0.953. The highest BCUT2D eigenvalue weighted by atomic mass is 35.5. The fraction of sp³-hybridized carbons (Fsp3) is 0.267. The van der Waals surface area contributed by atoms with Gasteiger partial charge in [-0.15, -0.1) is 23.7 Å². The SMILES string of the molecule is CC(C)(CN)NC(=O)c1ccc(S(=O)(=O)c2ccccc2)s1.Cl. The standard InChI is InChI=1S/C15H18N2O3S2.ClH/c1-15(2,10-16)17-14(18)12-8-9-13(21-12)22(19,20)11-6-4-3-5-7-11;/h3-9H,10,16H2,1-2H3,(H,17,18);1H. The number of hydrogen-bond donors (Lipinski definition) is 2. The van der Waals surface area contributed by atoms with E-state index in [0.717, 1.165) is 11.3 Å². The molecule has 5 nitrogen and oxygen atoms in total. The Morgan fingerprint density at radius 2 is 1.78 bits per heavy atom. The molecule has 3 N–H and O–H groups in total.